The molecule has 5 nitrogen and oxygen atoms in total. The summed E-state index contributed by atoms with van der Waals surface area (Å²) in [5.74, 6) is -9.93. The molecule has 0 radical (unpaired) electrons. The van der Waals surface area contributed by atoms with Crippen molar-refractivity contribution >= 4 is 23.5 Å². The molecule has 10 heteroatoms. The van der Waals surface area contributed by atoms with E-state index in [0.29, 0.717) is 6.42 Å². The SMILES string of the molecule is CCCOC(=O)/C(Cl)=C\[C@@H]1[C@H](C(=O)OCc2c(F)c(F)c(CO)c(F)c2F)C1(C)C. The number of carbonyl (C=O) groups is 2. The zero-order valence-electron chi connectivity index (χ0n) is 16.5. The maximum atomic E-state index is 14.0. The topological polar surface area (TPSA) is 72.8 Å². The average molecular weight is 453 g/mol. The highest BCUT2D eigenvalue weighted by Crippen LogP contribution is 2.60. The minimum absolute atomic E-state index is 0.182. The Morgan fingerprint density at radius 3 is 2.10 bits per heavy atom. The number of aliphatic hydroxyl groups is 1. The molecule has 1 saturated carbocycles. The first-order chi connectivity index (χ1) is 14.0. The second-order valence-corrected chi connectivity index (χ2v) is 7.86. The number of hydrogen-bond donors (Lipinski definition) is 1. The predicted molar refractivity (Wildman–Crippen MR) is 97.9 cm³/mol. The molecule has 166 valence electrons. The summed E-state index contributed by atoms with van der Waals surface area (Å²) < 4.78 is 65.2. The Balaban J connectivity index is 2.12. The standard InChI is InChI=1S/C20H21ClF4O5/c1-4-5-29-18(27)12(21)6-11-13(20(11,2)3)19(28)30-8-10-16(24)14(22)9(7-26)15(23)17(10)25/h6,11,13,26H,4-5,7-8H2,1-3H3/b12-6+/t11-,13-/m1/s1. The molecular formula is C20H21ClF4O5. The van der Waals surface area contributed by atoms with Gasteiger partial charge < -0.3 is 14.6 Å². The van der Waals surface area contributed by atoms with Gasteiger partial charge in [0.2, 0.25) is 0 Å². The summed E-state index contributed by atoms with van der Waals surface area (Å²) in [5.41, 5.74) is -2.93. The van der Waals surface area contributed by atoms with Crippen LogP contribution in [0.1, 0.15) is 38.3 Å². The summed E-state index contributed by atoms with van der Waals surface area (Å²) in [4.78, 5) is 24.1. The van der Waals surface area contributed by atoms with Crippen molar-refractivity contribution in [2.45, 2.75) is 40.4 Å². The van der Waals surface area contributed by atoms with E-state index in [1.807, 2.05) is 6.92 Å². The van der Waals surface area contributed by atoms with Gasteiger partial charge in [-0.25, -0.2) is 22.4 Å². The Morgan fingerprint density at radius 1 is 1.07 bits per heavy atom. The summed E-state index contributed by atoms with van der Waals surface area (Å²) in [6.07, 6.45) is 1.95. The number of esters is 2. The summed E-state index contributed by atoms with van der Waals surface area (Å²) in [6, 6.07) is 0. The van der Waals surface area contributed by atoms with Gasteiger partial charge in [-0.3, -0.25) is 4.79 Å². The lowest BCUT2D eigenvalue weighted by atomic mass is 10.1. The van der Waals surface area contributed by atoms with Gasteiger partial charge in [0.15, 0.2) is 23.3 Å². The highest BCUT2D eigenvalue weighted by atomic mass is 35.5. The van der Waals surface area contributed by atoms with Crippen LogP contribution in [0.2, 0.25) is 0 Å². The lowest BCUT2D eigenvalue weighted by Gasteiger charge is -2.11. The minimum Gasteiger partial charge on any atom is -0.461 e. The van der Waals surface area contributed by atoms with Gasteiger partial charge in [0, 0.05) is 0 Å². The first kappa shape index (κ1) is 24.1. The molecule has 1 fully saturated rings. The van der Waals surface area contributed by atoms with Crippen molar-refractivity contribution in [1.29, 1.82) is 0 Å². The Labute approximate surface area is 175 Å². The third kappa shape index (κ3) is 4.62. The number of aliphatic hydroxyl groups excluding tert-OH is 1. The molecule has 0 amide bonds. The fourth-order valence-electron chi connectivity index (χ4n) is 3.15. The highest BCUT2D eigenvalue weighted by molar-refractivity contribution is 6.41. The van der Waals surface area contributed by atoms with E-state index in [4.69, 9.17) is 26.2 Å². The fraction of sp³-hybridized carbons (Fsp3) is 0.500. The Hall–Kier alpha value is -2.13. The second-order valence-electron chi connectivity index (χ2n) is 7.45. The molecule has 30 heavy (non-hydrogen) atoms. The van der Waals surface area contributed by atoms with E-state index in [1.54, 1.807) is 13.8 Å². The van der Waals surface area contributed by atoms with Crippen molar-refractivity contribution in [3.8, 4) is 0 Å². The van der Waals surface area contributed by atoms with Crippen molar-refractivity contribution in [2.24, 2.45) is 17.3 Å². The van der Waals surface area contributed by atoms with Gasteiger partial charge in [-0.15, -0.1) is 0 Å². The van der Waals surface area contributed by atoms with Gasteiger partial charge in [-0.05, 0) is 17.8 Å². The van der Waals surface area contributed by atoms with Crippen LogP contribution >= 0.6 is 11.6 Å². The van der Waals surface area contributed by atoms with Gasteiger partial charge in [0.25, 0.3) is 0 Å². The molecule has 0 heterocycles. The third-order valence-electron chi connectivity index (χ3n) is 5.08. The summed E-state index contributed by atoms with van der Waals surface area (Å²) >= 11 is 5.91. The van der Waals surface area contributed by atoms with Crippen LogP contribution in [0, 0.1) is 40.5 Å². The Bertz CT molecular complexity index is 855. The van der Waals surface area contributed by atoms with E-state index < -0.39 is 76.8 Å². The van der Waals surface area contributed by atoms with Crippen LogP contribution < -0.4 is 0 Å². The normalized spacial score (nSPS) is 20.1. The van der Waals surface area contributed by atoms with Crippen molar-refractivity contribution in [3.05, 3.63) is 45.5 Å². The highest BCUT2D eigenvalue weighted by Gasteiger charge is 2.61. The molecule has 0 bridgehead atoms. The van der Waals surface area contributed by atoms with Crippen molar-refractivity contribution in [2.75, 3.05) is 6.61 Å². The van der Waals surface area contributed by atoms with E-state index in [9.17, 15) is 27.2 Å². The number of ether oxygens (including phenoxy) is 2. The molecule has 0 saturated heterocycles. The number of rotatable bonds is 8. The van der Waals surface area contributed by atoms with Crippen LogP contribution in [-0.2, 0) is 32.3 Å². The first-order valence-corrected chi connectivity index (χ1v) is 9.52. The predicted octanol–water partition coefficient (Wildman–Crippen LogP) is 4.13. The number of halogens is 5. The maximum absolute atomic E-state index is 14.0. The lowest BCUT2D eigenvalue weighted by molar-refractivity contribution is -0.147. The molecule has 0 aromatic heterocycles. The number of allylic oxidation sites excluding steroid dienone is 1. The van der Waals surface area contributed by atoms with Crippen LogP contribution in [0.4, 0.5) is 17.6 Å². The lowest BCUT2D eigenvalue weighted by Crippen LogP contribution is -2.15. The number of carbonyl (C=O) groups excluding carboxylic acids is 2. The van der Waals surface area contributed by atoms with Gasteiger partial charge in [0.1, 0.15) is 11.6 Å². The average Bonchev–Trinajstić information content (AvgIpc) is 3.24. The van der Waals surface area contributed by atoms with Gasteiger partial charge in [0.05, 0.1) is 30.3 Å². The quantitative estimate of drug-likeness (QED) is 0.278. The smallest absolute Gasteiger partial charge is 0.349 e. The summed E-state index contributed by atoms with van der Waals surface area (Å²) in [7, 11) is 0. The summed E-state index contributed by atoms with van der Waals surface area (Å²) in [6.45, 7) is 3.09. The molecule has 1 aromatic carbocycles. The van der Waals surface area contributed by atoms with Crippen molar-refractivity contribution < 1.29 is 41.7 Å². The zero-order chi connectivity index (χ0) is 22.8. The molecule has 2 atom stereocenters. The molecule has 1 aromatic rings. The van der Waals surface area contributed by atoms with Crippen molar-refractivity contribution in [3.63, 3.8) is 0 Å². The molecule has 2 rings (SSSR count). The monoisotopic (exact) mass is 452 g/mol. The van der Waals surface area contributed by atoms with Crippen molar-refractivity contribution in [1.82, 2.24) is 0 Å². The fourth-order valence-corrected chi connectivity index (χ4v) is 3.34. The largest absolute Gasteiger partial charge is 0.461 e. The Morgan fingerprint density at radius 2 is 1.60 bits per heavy atom. The van der Waals surface area contributed by atoms with E-state index in [1.165, 1.54) is 6.08 Å². The van der Waals surface area contributed by atoms with E-state index >= 15 is 0 Å². The van der Waals surface area contributed by atoms with Crippen LogP contribution in [-0.4, -0.2) is 23.7 Å². The third-order valence-corrected chi connectivity index (χ3v) is 5.37. The van der Waals surface area contributed by atoms with E-state index in [0.717, 1.165) is 0 Å². The van der Waals surface area contributed by atoms with E-state index in [2.05, 4.69) is 0 Å². The van der Waals surface area contributed by atoms with Gasteiger partial charge >= 0.3 is 11.9 Å². The zero-order valence-corrected chi connectivity index (χ0v) is 17.3. The molecular weight excluding hydrogens is 432 g/mol. The maximum Gasteiger partial charge on any atom is 0.349 e. The number of hydrogen-bond acceptors (Lipinski definition) is 5. The van der Waals surface area contributed by atoms with E-state index in [-0.39, 0.29) is 11.6 Å². The molecule has 1 aliphatic carbocycles. The first-order valence-electron chi connectivity index (χ1n) is 9.14. The molecule has 1 N–H and O–H groups in total. The molecule has 0 unspecified atom stereocenters. The molecule has 0 spiro atoms. The van der Waals surface area contributed by atoms with Gasteiger partial charge in [-0.1, -0.05) is 38.4 Å². The number of benzene rings is 1. The van der Waals surface area contributed by atoms with Crippen LogP contribution in [0.3, 0.4) is 0 Å². The summed E-state index contributed by atoms with van der Waals surface area (Å²) in [5, 5.41) is 8.63. The van der Waals surface area contributed by atoms with Crippen LogP contribution in [0.15, 0.2) is 11.1 Å². The molecule has 0 aliphatic heterocycles. The minimum atomic E-state index is -1.76. The van der Waals surface area contributed by atoms with Gasteiger partial charge in [-0.2, -0.15) is 0 Å². The molecule has 1 aliphatic rings. The Kier molecular flexibility index (Phi) is 7.52. The van der Waals surface area contributed by atoms with Crippen LogP contribution in [0.25, 0.3) is 0 Å². The van der Waals surface area contributed by atoms with Crippen LogP contribution in [0.5, 0.6) is 0 Å². The second kappa shape index (κ2) is 9.34.